The molecule has 0 spiro atoms. The van der Waals surface area contributed by atoms with Gasteiger partial charge in [0.1, 0.15) is 18.8 Å². The van der Waals surface area contributed by atoms with Gasteiger partial charge in [0.25, 0.3) is 0 Å². The van der Waals surface area contributed by atoms with E-state index >= 15 is 0 Å². The first kappa shape index (κ1) is 13.5. The topological polar surface area (TPSA) is 87.3 Å². The maximum Gasteiger partial charge on any atom is 0.381 e. The van der Waals surface area contributed by atoms with Crippen molar-refractivity contribution in [3.8, 4) is 0 Å². The van der Waals surface area contributed by atoms with E-state index in [0.29, 0.717) is 5.82 Å². The van der Waals surface area contributed by atoms with Crippen LogP contribution in [0.15, 0.2) is 6.20 Å². The molecule has 1 saturated carbocycles. The van der Waals surface area contributed by atoms with Crippen molar-refractivity contribution < 1.29 is 14.5 Å². The molecule has 0 N–H and O–H groups in total. The molecule has 104 valence electrons. The summed E-state index contributed by atoms with van der Waals surface area (Å²) in [5.41, 5.74) is 0. The first-order valence-electron chi connectivity index (χ1n) is 6.44. The summed E-state index contributed by atoms with van der Waals surface area (Å²) in [5, 5.41) is 10.6. The van der Waals surface area contributed by atoms with Crippen LogP contribution in [0.1, 0.15) is 37.9 Å². The summed E-state index contributed by atoms with van der Waals surface area (Å²) in [6.07, 6.45) is 6.46. The van der Waals surface area contributed by atoms with E-state index in [9.17, 15) is 14.9 Å². The normalized spacial score (nSPS) is 16.3. The van der Waals surface area contributed by atoms with E-state index < -0.39 is 4.92 Å². The van der Waals surface area contributed by atoms with Crippen LogP contribution >= 0.6 is 0 Å². The van der Waals surface area contributed by atoms with E-state index in [0.717, 1.165) is 25.7 Å². The number of hydrogen-bond acceptors (Lipinski definition) is 5. The number of nitrogens with zero attached hydrogens (tertiary/aromatic N) is 3. The lowest BCUT2D eigenvalue weighted by Gasteiger charge is -2.21. The Kier molecular flexibility index (Phi) is 4.13. The number of hydrogen-bond donors (Lipinski definition) is 0. The Morgan fingerprint density at radius 1 is 1.53 bits per heavy atom. The highest BCUT2D eigenvalue weighted by Crippen LogP contribution is 2.20. The Morgan fingerprint density at radius 2 is 2.21 bits per heavy atom. The zero-order chi connectivity index (χ0) is 13.8. The van der Waals surface area contributed by atoms with Crippen molar-refractivity contribution in [3.63, 3.8) is 0 Å². The van der Waals surface area contributed by atoms with Gasteiger partial charge >= 0.3 is 11.8 Å². The number of ether oxygens (including phenoxy) is 1. The second kappa shape index (κ2) is 5.81. The van der Waals surface area contributed by atoms with Gasteiger partial charge in [0.2, 0.25) is 5.82 Å². The van der Waals surface area contributed by atoms with Crippen LogP contribution in [0.25, 0.3) is 0 Å². The smallest absolute Gasteiger partial charge is 0.381 e. The average molecular weight is 267 g/mol. The van der Waals surface area contributed by atoms with Gasteiger partial charge < -0.3 is 14.9 Å². The molecule has 7 nitrogen and oxygen atoms in total. The first-order chi connectivity index (χ1) is 9.06. The zero-order valence-corrected chi connectivity index (χ0v) is 10.9. The predicted molar refractivity (Wildman–Crippen MR) is 66.6 cm³/mol. The summed E-state index contributed by atoms with van der Waals surface area (Å²) in [5.74, 6) is -0.169. The highest BCUT2D eigenvalue weighted by molar-refractivity contribution is 5.69. The molecular weight excluding hydrogens is 250 g/mol. The van der Waals surface area contributed by atoms with Crippen molar-refractivity contribution in [2.75, 3.05) is 0 Å². The quantitative estimate of drug-likeness (QED) is 0.473. The van der Waals surface area contributed by atoms with E-state index in [-0.39, 0.29) is 24.4 Å². The number of carbonyl (C=O) groups is 1. The summed E-state index contributed by atoms with van der Waals surface area (Å²) in [6, 6.07) is 0. The molecule has 1 aliphatic carbocycles. The third-order valence-corrected chi connectivity index (χ3v) is 3.30. The van der Waals surface area contributed by atoms with Crippen molar-refractivity contribution in [2.24, 2.45) is 0 Å². The third kappa shape index (κ3) is 3.52. The van der Waals surface area contributed by atoms with Crippen LogP contribution in [0, 0.1) is 17.0 Å². The molecule has 1 fully saturated rings. The molecule has 2 rings (SSSR count). The Morgan fingerprint density at radius 3 is 2.79 bits per heavy atom. The number of rotatable bonds is 4. The van der Waals surface area contributed by atoms with Gasteiger partial charge in [0.05, 0.1) is 0 Å². The van der Waals surface area contributed by atoms with Crippen LogP contribution in [-0.4, -0.2) is 26.5 Å². The lowest BCUT2D eigenvalue weighted by Crippen LogP contribution is -2.23. The van der Waals surface area contributed by atoms with Gasteiger partial charge in [-0.15, -0.1) is 0 Å². The van der Waals surface area contributed by atoms with E-state index in [1.807, 2.05) is 0 Å². The van der Waals surface area contributed by atoms with E-state index in [2.05, 4.69) is 4.98 Å². The lowest BCUT2D eigenvalue weighted by atomic mass is 9.98. The number of nitro groups is 1. The average Bonchev–Trinajstić information content (AvgIpc) is 2.72. The minimum Gasteiger partial charge on any atom is -0.461 e. The van der Waals surface area contributed by atoms with Crippen molar-refractivity contribution in [3.05, 3.63) is 22.1 Å². The molecule has 1 aromatic rings. The molecule has 1 aromatic heterocycles. The maximum absolute atomic E-state index is 11.8. The second-order valence-corrected chi connectivity index (χ2v) is 4.78. The molecule has 7 heteroatoms. The minimum absolute atomic E-state index is 0.0000587. The van der Waals surface area contributed by atoms with Gasteiger partial charge in [-0.1, -0.05) is 6.42 Å². The summed E-state index contributed by atoms with van der Waals surface area (Å²) < 4.78 is 6.81. The van der Waals surface area contributed by atoms with Crippen LogP contribution < -0.4 is 0 Å². The lowest BCUT2D eigenvalue weighted by molar-refractivity contribution is -0.389. The van der Waals surface area contributed by atoms with Crippen LogP contribution in [0.3, 0.4) is 0 Å². The van der Waals surface area contributed by atoms with E-state index in [4.69, 9.17) is 4.74 Å². The van der Waals surface area contributed by atoms with Crippen LogP contribution in [0.4, 0.5) is 5.82 Å². The second-order valence-electron chi connectivity index (χ2n) is 4.78. The predicted octanol–water partition coefficient (Wildman–Crippen LogP) is 1.98. The first-order valence-corrected chi connectivity index (χ1v) is 6.44. The SMILES string of the molecule is Cc1nc([N+](=O)[O-])cn1CC(=O)OC1CCCCC1. The molecule has 1 heterocycles. The number of aryl methyl sites for hydroxylation is 1. The molecule has 0 bridgehead atoms. The van der Waals surface area contributed by atoms with E-state index in [1.165, 1.54) is 17.2 Å². The van der Waals surface area contributed by atoms with Crippen LogP contribution in [0.5, 0.6) is 0 Å². The Labute approximate surface area is 110 Å². The molecule has 0 saturated heterocycles. The van der Waals surface area contributed by atoms with Gasteiger partial charge in [-0.2, -0.15) is 0 Å². The molecule has 0 aliphatic heterocycles. The number of esters is 1. The highest BCUT2D eigenvalue weighted by atomic mass is 16.6. The fraction of sp³-hybridized carbons (Fsp3) is 0.667. The van der Waals surface area contributed by atoms with Crippen molar-refractivity contribution in [2.45, 2.75) is 51.7 Å². The fourth-order valence-electron chi connectivity index (χ4n) is 2.28. The Bertz CT molecular complexity index is 477. The minimum atomic E-state index is -0.573. The zero-order valence-electron chi connectivity index (χ0n) is 10.9. The maximum atomic E-state index is 11.8. The fourth-order valence-corrected chi connectivity index (χ4v) is 2.28. The van der Waals surface area contributed by atoms with Gasteiger partial charge in [0.15, 0.2) is 0 Å². The summed E-state index contributed by atoms with van der Waals surface area (Å²) in [4.78, 5) is 25.5. The number of carbonyl (C=O) groups excluding carboxylic acids is 1. The number of imidazole rings is 1. The molecule has 0 unspecified atom stereocenters. The van der Waals surface area contributed by atoms with Crippen molar-refractivity contribution >= 4 is 11.8 Å². The van der Waals surface area contributed by atoms with E-state index in [1.54, 1.807) is 6.92 Å². The van der Waals surface area contributed by atoms with Gasteiger partial charge in [0, 0.05) is 6.92 Å². The summed E-state index contributed by atoms with van der Waals surface area (Å²) in [6.45, 7) is 1.60. The molecule has 0 aromatic carbocycles. The van der Waals surface area contributed by atoms with Crippen molar-refractivity contribution in [1.29, 1.82) is 0 Å². The molecule has 0 radical (unpaired) electrons. The third-order valence-electron chi connectivity index (χ3n) is 3.30. The van der Waals surface area contributed by atoms with Gasteiger partial charge in [-0.25, -0.2) is 0 Å². The highest BCUT2D eigenvalue weighted by Gasteiger charge is 2.21. The standard InChI is InChI=1S/C12H17N3O4/c1-9-13-11(15(17)18)7-14(9)8-12(16)19-10-5-3-2-4-6-10/h7,10H,2-6,8H2,1H3. The molecule has 0 amide bonds. The van der Waals surface area contributed by atoms with Crippen LogP contribution in [0.2, 0.25) is 0 Å². The summed E-state index contributed by atoms with van der Waals surface area (Å²) in [7, 11) is 0. The Balaban J connectivity index is 1.92. The van der Waals surface area contributed by atoms with Crippen molar-refractivity contribution in [1.82, 2.24) is 9.55 Å². The van der Waals surface area contributed by atoms with Gasteiger partial charge in [-0.05, 0) is 35.6 Å². The molecule has 1 aliphatic rings. The monoisotopic (exact) mass is 267 g/mol. The molecule has 19 heavy (non-hydrogen) atoms. The number of aromatic nitrogens is 2. The summed E-state index contributed by atoms with van der Waals surface area (Å²) >= 11 is 0. The molecular formula is C12H17N3O4. The van der Waals surface area contributed by atoms with Crippen LogP contribution in [-0.2, 0) is 16.1 Å². The molecule has 0 atom stereocenters. The Hall–Kier alpha value is -1.92. The largest absolute Gasteiger partial charge is 0.461 e. The van der Waals surface area contributed by atoms with Gasteiger partial charge in [-0.3, -0.25) is 9.36 Å².